The topological polar surface area (TPSA) is 120 Å². The van der Waals surface area contributed by atoms with Gasteiger partial charge in [-0.2, -0.15) is 10.2 Å². The van der Waals surface area contributed by atoms with Crippen LogP contribution in [-0.2, 0) is 6.54 Å². The Hall–Kier alpha value is -4.86. The highest BCUT2D eigenvalue weighted by molar-refractivity contribution is 5.97. The van der Waals surface area contributed by atoms with Crippen molar-refractivity contribution in [2.45, 2.75) is 13.5 Å². The van der Waals surface area contributed by atoms with Gasteiger partial charge in [0.05, 0.1) is 28.7 Å². The minimum atomic E-state index is -0.501. The van der Waals surface area contributed by atoms with E-state index in [2.05, 4.69) is 20.2 Å². The van der Waals surface area contributed by atoms with Gasteiger partial charge in [0.2, 0.25) is 0 Å². The number of H-pyrrole nitrogens is 1. The number of benzene rings is 2. The first-order valence-corrected chi connectivity index (χ1v) is 10.9. The summed E-state index contributed by atoms with van der Waals surface area (Å²) in [6.45, 7) is 2.00. The zero-order valence-corrected chi connectivity index (χ0v) is 18.6. The molecule has 10 heteroatoms. The number of para-hydroxylation sites is 1. The number of hydrogen-bond acceptors (Lipinski definition) is 6. The molecule has 6 rings (SSSR count). The molecule has 0 aliphatic carbocycles. The minimum absolute atomic E-state index is 0.133. The van der Waals surface area contributed by atoms with Crippen LogP contribution in [0.4, 0.5) is 10.2 Å². The van der Waals surface area contributed by atoms with Crippen LogP contribution in [0.25, 0.3) is 38.9 Å². The molecule has 0 atom stereocenters. The molecule has 0 saturated carbocycles. The maximum absolute atomic E-state index is 14.9. The maximum Gasteiger partial charge on any atom is 0.263 e. The van der Waals surface area contributed by atoms with Gasteiger partial charge in [0.15, 0.2) is 5.65 Å². The van der Waals surface area contributed by atoms with Crippen LogP contribution < -0.4 is 11.3 Å². The molecule has 0 saturated heterocycles. The summed E-state index contributed by atoms with van der Waals surface area (Å²) < 4.78 is 18.0. The van der Waals surface area contributed by atoms with Gasteiger partial charge in [0.25, 0.3) is 5.56 Å². The normalized spacial score (nSPS) is 11.5. The van der Waals surface area contributed by atoms with Crippen molar-refractivity contribution >= 4 is 27.6 Å². The number of halogens is 1. The number of anilines is 1. The number of pyridine rings is 1. The SMILES string of the molecule is Cc1cccc2cc(Cn3nc(-c4ccn[nH]4)c4c(N)ncnc43)n(-c3ccccc3F)c(=O)c12. The second-order valence-electron chi connectivity index (χ2n) is 8.20. The molecular formula is C25H19FN8O. The van der Waals surface area contributed by atoms with Crippen LogP contribution in [0.1, 0.15) is 11.3 Å². The molecule has 2 aromatic carbocycles. The quantitative estimate of drug-likeness (QED) is 0.410. The van der Waals surface area contributed by atoms with Gasteiger partial charge in [-0.15, -0.1) is 0 Å². The lowest BCUT2D eigenvalue weighted by Crippen LogP contribution is -2.25. The highest BCUT2D eigenvalue weighted by atomic mass is 19.1. The standard InChI is InChI=1S/C25H19FN8O/c1-14-5-4-6-15-11-16(34(25(35)20(14)15)19-8-3-2-7-17(19)26)12-33-24-21(23(27)28-13-29-24)22(32-33)18-9-10-30-31-18/h2-11,13H,12H2,1H3,(H,30,31)(H2,27,28,29). The summed E-state index contributed by atoms with van der Waals surface area (Å²) in [6.07, 6.45) is 2.97. The van der Waals surface area contributed by atoms with Gasteiger partial charge in [0.1, 0.15) is 23.7 Å². The van der Waals surface area contributed by atoms with Crippen LogP contribution in [0.2, 0.25) is 0 Å². The molecule has 0 aliphatic rings. The molecule has 3 N–H and O–H groups in total. The smallest absolute Gasteiger partial charge is 0.263 e. The van der Waals surface area contributed by atoms with E-state index < -0.39 is 5.82 Å². The van der Waals surface area contributed by atoms with Crippen molar-refractivity contribution < 1.29 is 4.39 Å². The zero-order valence-electron chi connectivity index (χ0n) is 18.6. The van der Waals surface area contributed by atoms with Gasteiger partial charge in [-0.1, -0.05) is 30.3 Å². The summed E-state index contributed by atoms with van der Waals surface area (Å²) in [5.41, 5.74) is 9.06. The minimum Gasteiger partial charge on any atom is -0.383 e. The van der Waals surface area contributed by atoms with Crippen molar-refractivity contribution in [1.29, 1.82) is 0 Å². The Kier molecular flexibility index (Phi) is 4.66. The number of nitrogens with one attached hydrogen (secondary N) is 1. The number of aromatic nitrogens is 7. The molecule has 6 aromatic rings. The van der Waals surface area contributed by atoms with E-state index in [1.54, 1.807) is 35.1 Å². The van der Waals surface area contributed by atoms with E-state index in [-0.39, 0.29) is 23.6 Å². The summed E-state index contributed by atoms with van der Waals surface area (Å²) in [5.74, 6) is -0.231. The highest BCUT2D eigenvalue weighted by Gasteiger charge is 2.21. The second kappa shape index (κ2) is 7.87. The summed E-state index contributed by atoms with van der Waals surface area (Å²) in [7, 11) is 0. The third kappa shape index (κ3) is 3.26. The number of nitrogens with two attached hydrogens (primary N) is 1. The fraction of sp³-hybridized carbons (Fsp3) is 0.0800. The first-order valence-electron chi connectivity index (χ1n) is 10.9. The van der Waals surface area contributed by atoms with Crippen LogP contribution in [0.5, 0.6) is 0 Å². The molecule has 0 bridgehead atoms. The highest BCUT2D eigenvalue weighted by Crippen LogP contribution is 2.29. The Morgan fingerprint density at radius 1 is 1.06 bits per heavy atom. The Labute approximate surface area is 197 Å². The van der Waals surface area contributed by atoms with E-state index in [1.807, 2.05) is 31.2 Å². The molecule has 0 unspecified atom stereocenters. The van der Waals surface area contributed by atoms with E-state index in [9.17, 15) is 9.18 Å². The molecule has 0 amide bonds. The van der Waals surface area contributed by atoms with E-state index in [0.717, 1.165) is 10.9 Å². The summed E-state index contributed by atoms with van der Waals surface area (Å²) in [6, 6.07) is 15.5. The van der Waals surface area contributed by atoms with Crippen molar-refractivity contribution in [2.24, 2.45) is 0 Å². The van der Waals surface area contributed by atoms with E-state index in [0.29, 0.717) is 33.5 Å². The van der Waals surface area contributed by atoms with Gasteiger partial charge in [0, 0.05) is 11.9 Å². The van der Waals surface area contributed by atoms with Crippen molar-refractivity contribution in [1.82, 2.24) is 34.5 Å². The number of nitrogen functional groups attached to an aromatic ring is 1. The summed E-state index contributed by atoms with van der Waals surface area (Å²) in [4.78, 5) is 22.2. The monoisotopic (exact) mass is 466 g/mol. The molecule has 4 aromatic heterocycles. The first kappa shape index (κ1) is 20.7. The number of aryl methyl sites for hydroxylation is 1. The van der Waals surface area contributed by atoms with Crippen molar-refractivity contribution in [2.75, 3.05) is 5.73 Å². The number of fused-ring (bicyclic) bond motifs is 2. The van der Waals surface area contributed by atoms with Crippen molar-refractivity contribution in [3.8, 4) is 17.1 Å². The summed E-state index contributed by atoms with van der Waals surface area (Å²) in [5, 5.41) is 13.5. The van der Waals surface area contributed by atoms with Gasteiger partial charge in [-0.3, -0.25) is 14.5 Å². The Balaban J connectivity index is 1.64. The van der Waals surface area contributed by atoms with Crippen LogP contribution in [-0.4, -0.2) is 34.5 Å². The number of nitrogens with zero attached hydrogens (tertiary/aromatic N) is 6. The average molecular weight is 466 g/mol. The molecule has 9 nitrogen and oxygen atoms in total. The Morgan fingerprint density at radius 2 is 1.91 bits per heavy atom. The predicted molar refractivity (Wildman–Crippen MR) is 131 cm³/mol. The molecule has 35 heavy (non-hydrogen) atoms. The molecule has 4 heterocycles. The maximum atomic E-state index is 14.9. The molecule has 0 aliphatic heterocycles. The van der Waals surface area contributed by atoms with Gasteiger partial charge < -0.3 is 5.73 Å². The lowest BCUT2D eigenvalue weighted by molar-refractivity contribution is 0.606. The molecule has 0 radical (unpaired) electrons. The van der Waals surface area contributed by atoms with Crippen LogP contribution in [0, 0.1) is 12.7 Å². The second-order valence-corrected chi connectivity index (χ2v) is 8.20. The number of rotatable bonds is 4. The molecular weight excluding hydrogens is 447 g/mol. The third-order valence-electron chi connectivity index (χ3n) is 6.05. The number of aromatic amines is 1. The van der Waals surface area contributed by atoms with Crippen LogP contribution in [0.3, 0.4) is 0 Å². The van der Waals surface area contributed by atoms with Crippen molar-refractivity contribution in [3.05, 3.63) is 94.5 Å². The van der Waals surface area contributed by atoms with E-state index in [1.165, 1.54) is 17.0 Å². The Morgan fingerprint density at radius 3 is 2.71 bits per heavy atom. The van der Waals surface area contributed by atoms with Crippen LogP contribution >= 0.6 is 0 Å². The largest absolute Gasteiger partial charge is 0.383 e. The van der Waals surface area contributed by atoms with Crippen molar-refractivity contribution in [3.63, 3.8) is 0 Å². The van der Waals surface area contributed by atoms with Gasteiger partial charge in [-0.25, -0.2) is 19.0 Å². The lowest BCUT2D eigenvalue weighted by Gasteiger charge is -2.16. The summed E-state index contributed by atoms with van der Waals surface area (Å²) >= 11 is 0. The third-order valence-corrected chi connectivity index (χ3v) is 6.05. The average Bonchev–Trinajstić information content (AvgIpc) is 3.49. The van der Waals surface area contributed by atoms with E-state index in [4.69, 9.17) is 10.8 Å². The van der Waals surface area contributed by atoms with Gasteiger partial charge in [-0.05, 0) is 42.1 Å². The fourth-order valence-electron chi connectivity index (χ4n) is 4.47. The Bertz CT molecular complexity index is 1790. The molecule has 0 fully saturated rings. The lowest BCUT2D eigenvalue weighted by atomic mass is 10.1. The molecule has 172 valence electrons. The van der Waals surface area contributed by atoms with Crippen LogP contribution in [0.15, 0.2) is 71.9 Å². The fourth-order valence-corrected chi connectivity index (χ4v) is 4.47. The first-order chi connectivity index (χ1) is 17.0. The predicted octanol–water partition coefficient (Wildman–Crippen LogP) is 3.60. The zero-order chi connectivity index (χ0) is 24.1. The van der Waals surface area contributed by atoms with Gasteiger partial charge >= 0.3 is 0 Å². The van der Waals surface area contributed by atoms with E-state index >= 15 is 0 Å². The molecule has 0 spiro atoms. The number of hydrogen-bond donors (Lipinski definition) is 2.